The van der Waals surface area contributed by atoms with Gasteiger partial charge in [-0.2, -0.15) is 0 Å². The van der Waals surface area contributed by atoms with E-state index in [4.69, 9.17) is 15.6 Å². The van der Waals surface area contributed by atoms with E-state index in [9.17, 15) is 12.8 Å². The van der Waals surface area contributed by atoms with Crippen molar-refractivity contribution in [1.29, 1.82) is 0 Å². The fourth-order valence-corrected chi connectivity index (χ4v) is 3.20. The summed E-state index contributed by atoms with van der Waals surface area (Å²) in [5.74, 6) is -1.05. The van der Waals surface area contributed by atoms with E-state index in [-0.39, 0.29) is 29.4 Å². The molecule has 1 aromatic carbocycles. The maximum atomic E-state index is 13.7. The Balaban J connectivity index is 3.17. The lowest BCUT2D eigenvalue weighted by atomic mass is 10.0. The largest absolute Gasteiger partial charge is 0.492 e. The maximum absolute atomic E-state index is 13.7. The normalized spacial score (nSPS) is 12.4. The smallest absolute Gasteiger partial charge is 0.241 e. The first-order valence-corrected chi connectivity index (χ1v) is 7.39. The molecule has 0 unspecified atom stereocenters. The van der Waals surface area contributed by atoms with Crippen LogP contribution in [-0.2, 0) is 10.0 Å². The summed E-state index contributed by atoms with van der Waals surface area (Å²) in [6.45, 7) is 3.06. The molecule has 0 spiro atoms. The van der Waals surface area contributed by atoms with E-state index in [0.717, 1.165) is 12.1 Å². The van der Waals surface area contributed by atoms with Gasteiger partial charge in [-0.3, -0.25) is 0 Å². The Morgan fingerprint density at radius 3 is 2.50 bits per heavy atom. The Labute approximate surface area is 117 Å². The summed E-state index contributed by atoms with van der Waals surface area (Å²) >= 11 is 0. The molecule has 1 aromatic rings. The van der Waals surface area contributed by atoms with Gasteiger partial charge < -0.3 is 15.6 Å². The second kappa shape index (κ2) is 5.94. The molecule has 0 fully saturated rings. The van der Waals surface area contributed by atoms with Crippen LogP contribution in [0.3, 0.4) is 0 Å². The van der Waals surface area contributed by atoms with E-state index < -0.39 is 21.4 Å². The highest BCUT2D eigenvalue weighted by atomic mass is 32.2. The highest BCUT2D eigenvalue weighted by Gasteiger charge is 2.27. The van der Waals surface area contributed by atoms with Crippen LogP contribution in [0.5, 0.6) is 5.75 Å². The minimum absolute atomic E-state index is 0.104. The SMILES string of the molecule is COc1c(N)cc(S(=O)(=O)NC(C)(C)CCO)cc1F. The van der Waals surface area contributed by atoms with Crippen molar-refractivity contribution >= 4 is 15.7 Å². The lowest BCUT2D eigenvalue weighted by Crippen LogP contribution is -2.43. The molecule has 6 nitrogen and oxygen atoms in total. The molecule has 8 heteroatoms. The fourth-order valence-electron chi connectivity index (χ4n) is 1.71. The Morgan fingerprint density at radius 1 is 1.45 bits per heavy atom. The van der Waals surface area contributed by atoms with Gasteiger partial charge in [0, 0.05) is 12.1 Å². The van der Waals surface area contributed by atoms with E-state index in [1.54, 1.807) is 13.8 Å². The molecule has 1 rings (SSSR count). The van der Waals surface area contributed by atoms with Crippen molar-refractivity contribution < 1.29 is 22.7 Å². The van der Waals surface area contributed by atoms with E-state index in [2.05, 4.69) is 4.72 Å². The van der Waals surface area contributed by atoms with E-state index in [1.807, 2.05) is 0 Å². The summed E-state index contributed by atoms with van der Waals surface area (Å²) in [7, 11) is -2.71. The second-order valence-corrected chi connectivity index (χ2v) is 6.67. The lowest BCUT2D eigenvalue weighted by molar-refractivity contribution is 0.245. The quantitative estimate of drug-likeness (QED) is 0.677. The molecule has 0 saturated carbocycles. The van der Waals surface area contributed by atoms with Crippen molar-refractivity contribution in [2.45, 2.75) is 30.7 Å². The molecule has 0 amide bonds. The predicted molar refractivity (Wildman–Crippen MR) is 73.5 cm³/mol. The van der Waals surface area contributed by atoms with E-state index in [1.165, 1.54) is 7.11 Å². The zero-order valence-electron chi connectivity index (χ0n) is 11.6. The Morgan fingerprint density at radius 2 is 2.05 bits per heavy atom. The van der Waals surface area contributed by atoms with Crippen LogP contribution in [0.1, 0.15) is 20.3 Å². The molecule has 0 bridgehead atoms. The van der Waals surface area contributed by atoms with Gasteiger partial charge in [0.15, 0.2) is 11.6 Å². The number of halogens is 1. The van der Waals surface area contributed by atoms with Crippen LogP contribution < -0.4 is 15.2 Å². The molecule has 0 radical (unpaired) electrons. The third-order valence-corrected chi connectivity index (χ3v) is 4.39. The van der Waals surface area contributed by atoms with E-state index >= 15 is 0 Å². The van der Waals surface area contributed by atoms with Gasteiger partial charge in [0.05, 0.1) is 17.7 Å². The number of ether oxygens (including phenoxy) is 1. The predicted octanol–water partition coefficient (Wildman–Crippen LogP) is 0.856. The third-order valence-electron chi connectivity index (χ3n) is 2.71. The number of methoxy groups -OCH3 is 1. The van der Waals surface area contributed by atoms with Crippen molar-refractivity contribution in [1.82, 2.24) is 4.72 Å². The van der Waals surface area contributed by atoms with Crippen molar-refractivity contribution in [3.63, 3.8) is 0 Å². The topological polar surface area (TPSA) is 102 Å². The zero-order valence-corrected chi connectivity index (χ0v) is 12.4. The van der Waals surface area contributed by atoms with Crippen molar-refractivity contribution in [3.05, 3.63) is 17.9 Å². The van der Waals surface area contributed by atoms with Crippen molar-refractivity contribution in [3.8, 4) is 5.75 Å². The summed E-state index contributed by atoms with van der Waals surface area (Å²) in [6.07, 6.45) is 0.223. The van der Waals surface area contributed by atoms with Crippen LogP contribution in [0.25, 0.3) is 0 Å². The standard InChI is InChI=1S/C12H19FN2O4S/c1-12(2,4-5-16)15-20(17,18)8-6-9(13)11(19-3)10(14)7-8/h6-7,15-16H,4-5,14H2,1-3H3. The summed E-state index contributed by atoms with van der Waals surface area (Å²) in [5.41, 5.74) is 4.59. The number of anilines is 1. The monoisotopic (exact) mass is 306 g/mol. The second-order valence-electron chi connectivity index (χ2n) is 4.99. The number of benzene rings is 1. The number of aliphatic hydroxyl groups excluding tert-OH is 1. The minimum atomic E-state index is -3.95. The number of sulfonamides is 1. The van der Waals surface area contributed by atoms with Gasteiger partial charge in [-0.05, 0) is 32.4 Å². The molecule has 0 aliphatic heterocycles. The molecule has 114 valence electrons. The van der Waals surface area contributed by atoms with Gasteiger partial charge in [-0.1, -0.05) is 0 Å². The lowest BCUT2D eigenvalue weighted by Gasteiger charge is -2.25. The molecule has 4 N–H and O–H groups in total. The summed E-state index contributed by atoms with van der Waals surface area (Å²) in [4.78, 5) is -0.292. The molecule has 0 atom stereocenters. The van der Waals surface area contributed by atoms with Crippen LogP contribution in [0.2, 0.25) is 0 Å². The van der Waals surface area contributed by atoms with Gasteiger partial charge in [-0.15, -0.1) is 0 Å². The highest BCUT2D eigenvalue weighted by Crippen LogP contribution is 2.29. The van der Waals surface area contributed by atoms with Crippen LogP contribution in [0, 0.1) is 5.82 Å². The molecule has 0 aliphatic carbocycles. The Kier molecular flexibility index (Phi) is 4.95. The first-order chi connectivity index (χ1) is 9.13. The van der Waals surface area contributed by atoms with Gasteiger partial charge in [0.25, 0.3) is 0 Å². The van der Waals surface area contributed by atoms with Crippen molar-refractivity contribution in [2.24, 2.45) is 0 Å². The van der Waals surface area contributed by atoms with Crippen LogP contribution in [0.4, 0.5) is 10.1 Å². The number of aliphatic hydroxyl groups is 1. The van der Waals surface area contributed by atoms with Crippen LogP contribution in [-0.4, -0.2) is 32.8 Å². The Bertz CT molecular complexity index is 564. The number of hydrogen-bond donors (Lipinski definition) is 3. The molecule has 0 aliphatic rings. The zero-order chi connectivity index (χ0) is 15.6. The average Bonchev–Trinajstić information content (AvgIpc) is 2.26. The molecule has 0 heterocycles. The minimum Gasteiger partial charge on any atom is -0.492 e. The number of nitrogen functional groups attached to an aromatic ring is 1. The van der Waals surface area contributed by atoms with Gasteiger partial charge in [0.1, 0.15) is 0 Å². The fraction of sp³-hybridized carbons (Fsp3) is 0.500. The highest BCUT2D eigenvalue weighted by molar-refractivity contribution is 7.89. The third kappa shape index (κ3) is 3.81. The molecule has 0 aromatic heterocycles. The maximum Gasteiger partial charge on any atom is 0.241 e. The first-order valence-electron chi connectivity index (χ1n) is 5.91. The van der Waals surface area contributed by atoms with Crippen LogP contribution >= 0.6 is 0 Å². The van der Waals surface area contributed by atoms with E-state index in [0.29, 0.717) is 0 Å². The molecular weight excluding hydrogens is 287 g/mol. The number of hydrogen-bond acceptors (Lipinski definition) is 5. The number of nitrogens with one attached hydrogen (secondary N) is 1. The summed E-state index contributed by atoms with van der Waals surface area (Å²) < 4.78 is 45.2. The van der Waals surface area contributed by atoms with Gasteiger partial charge in [-0.25, -0.2) is 17.5 Å². The Hall–Kier alpha value is -1.38. The average molecular weight is 306 g/mol. The van der Waals surface area contributed by atoms with Gasteiger partial charge in [0.2, 0.25) is 10.0 Å². The van der Waals surface area contributed by atoms with Crippen molar-refractivity contribution in [2.75, 3.05) is 19.5 Å². The number of rotatable bonds is 6. The molecule has 0 saturated heterocycles. The summed E-state index contributed by atoms with van der Waals surface area (Å²) in [5, 5.41) is 8.89. The van der Waals surface area contributed by atoms with Crippen LogP contribution in [0.15, 0.2) is 17.0 Å². The summed E-state index contributed by atoms with van der Waals surface area (Å²) in [6, 6.07) is 1.96. The molecule has 20 heavy (non-hydrogen) atoms. The molecular formula is C12H19FN2O4S. The van der Waals surface area contributed by atoms with Gasteiger partial charge >= 0.3 is 0 Å². The number of nitrogens with two attached hydrogens (primary N) is 1. The first kappa shape index (κ1) is 16.7.